The molecule has 1 aromatic heterocycles. The van der Waals surface area contributed by atoms with E-state index in [1.54, 1.807) is 12.1 Å². The van der Waals surface area contributed by atoms with E-state index in [1.165, 1.54) is 6.42 Å². The number of ether oxygens (including phenoxy) is 1. The molecule has 2 N–H and O–H groups in total. The quantitative estimate of drug-likeness (QED) is 0.888. The topological polar surface area (TPSA) is 76.4 Å². The van der Waals surface area contributed by atoms with E-state index in [2.05, 4.69) is 15.8 Å². The van der Waals surface area contributed by atoms with Crippen LogP contribution in [-0.4, -0.2) is 23.8 Å². The minimum absolute atomic E-state index is 0.0732. The number of benzene rings is 1. The molecule has 1 aromatic carbocycles. The predicted octanol–water partition coefficient (Wildman–Crippen LogP) is 2.72. The molecule has 1 amide bonds. The van der Waals surface area contributed by atoms with E-state index in [1.807, 2.05) is 24.3 Å². The zero-order chi connectivity index (χ0) is 15.2. The Kier molecular flexibility index (Phi) is 4.70. The van der Waals surface area contributed by atoms with Crippen molar-refractivity contribution < 1.29 is 14.1 Å². The number of para-hydroxylation sites is 1. The van der Waals surface area contributed by atoms with Crippen molar-refractivity contribution in [3.8, 4) is 0 Å². The molecule has 2 heterocycles. The van der Waals surface area contributed by atoms with Crippen molar-refractivity contribution in [1.82, 2.24) is 10.5 Å². The largest absolute Gasteiger partial charge is 0.441 e. The van der Waals surface area contributed by atoms with Gasteiger partial charge in [-0.15, -0.1) is 0 Å². The lowest BCUT2D eigenvalue weighted by atomic mass is 10.1. The first-order chi connectivity index (χ1) is 10.8. The van der Waals surface area contributed by atoms with Gasteiger partial charge in [0.1, 0.15) is 0 Å². The Hall–Kier alpha value is -2.34. The Balaban J connectivity index is 1.45. The van der Waals surface area contributed by atoms with Crippen LogP contribution in [0.3, 0.4) is 0 Å². The second kappa shape index (κ2) is 7.09. The van der Waals surface area contributed by atoms with Crippen molar-refractivity contribution >= 4 is 11.8 Å². The Morgan fingerprint density at radius 2 is 2.27 bits per heavy atom. The van der Waals surface area contributed by atoms with Crippen molar-refractivity contribution in [3.63, 3.8) is 0 Å². The third-order valence-electron chi connectivity index (χ3n) is 3.59. The Morgan fingerprint density at radius 1 is 1.41 bits per heavy atom. The van der Waals surface area contributed by atoms with E-state index in [4.69, 9.17) is 9.26 Å². The molecule has 1 atom stereocenters. The number of hydrogen-bond donors (Lipinski definition) is 2. The lowest BCUT2D eigenvalue weighted by Crippen LogP contribution is -2.23. The highest BCUT2D eigenvalue weighted by atomic mass is 16.6. The normalized spacial score (nSPS) is 17.4. The number of amides is 1. The monoisotopic (exact) mass is 301 g/mol. The van der Waals surface area contributed by atoms with Crippen LogP contribution in [0.25, 0.3) is 0 Å². The third-order valence-corrected chi connectivity index (χ3v) is 3.59. The van der Waals surface area contributed by atoms with Crippen molar-refractivity contribution in [3.05, 3.63) is 47.9 Å². The van der Waals surface area contributed by atoms with E-state index >= 15 is 0 Å². The molecule has 1 fully saturated rings. The number of hydrogen-bond acceptors (Lipinski definition) is 5. The van der Waals surface area contributed by atoms with Crippen molar-refractivity contribution in [2.75, 3.05) is 11.9 Å². The van der Waals surface area contributed by atoms with Gasteiger partial charge in [0.2, 0.25) is 0 Å². The van der Waals surface area contributed by atoms with Crippen molar-refractivity contribution in [2.24, 2.45) is 0 Å². The predicted molar refractivity (Wildman–Crippen MR) is 81.5 cm³/mol. The first kappa shape index (κ1) is 14.6. The number of nitrogens with one attached hydrogen (secondary N) is 2. The fraction of sp³-hybridized carbons (Fsp3) is 0.375. The molecule has 22 heavy (non-hydrogen) atoms. The average molecular weight is 301 g/mol. The van der Waals surface area contributed by atoms with Gasteiger partial charge in [-0.1, -0.05) is 23.4 Å². The second-order valence-electron chi connectivity index (χ2n) is 5.35. The number of carbonyl (C=O) groups is 1. The summed E-state index contributed by atoms with van der Waals surface area (Å²) in [5.74, 6) is 0.552. The van der Waals surface area contributed by atoms with E-state index in [9.17, 15) is 4.79 Å². The Bertz CT molecular complexity index is 606. The Labute approximate surface area is 128 Å². The summed E-state index contributed by atoms with van der Waals surface area (Å²) in [6.07, 6.45) is 2.71. The van der Waals surface area contributed by atoms with Crippen LogP contribution in [0.15, 0.2) is 40.9 Å². The molecule has 3 rings (SSSR count). The fourth-order valence-corrected chi connectivity index (χ4v) is 2.52. The summed E-state index contributed by atoms with van der Waals surface area (Å²) in [6, 6.07) is 11.5. The van der Waals surface area contributed by atoms with Gasteiger partial charge in [0.05, 0.1) is 5.69 Å². The van der Waals surface area contributed by atoms with Gasteiger partial charge >= 0.3 is 6.09 Å². The molecule has 6 heteroatoms. The fourth-order valence-electron chi connectivity index (χ4n) is 2.52. The lowest BCUT2D eigenvalue weighted by molar-refractivity contribution is 0.142. The molecule has 6 nitrogen and oxygen atoms in total. The number of aromatic nitrogens is 1. The number of nitrogens with zero attached hydrogens (tertiary/aromatic N) is 1. The van der Waals surface area contributed by atoms with Crippen LogP contribution in [0, 0.1) is 0 Å². The molecule has 116 valence electrons. The van der Waals surface area contributed by atoms with Gasteiger partial charge in [0.15, 0.2) is 12.4 Å². The minimum Gasteiger partial charge on any atom is -0.441 e. The number of rotatable bonds is 5. The molecule has 1 saturated heterocycles. The van der Waals surface area contributed by atoms with Gasteiger partial charge in [-0.25, -0.2) is 4.79 Å². The van der Waals surface area contributed by atoms with E-state index in [0.29, 0.717) is 17.5 Å². The highest BCUT2D eigenvalue weighted by molar-refractivity contribution is 5.84. The van der Waals surface area contributed by atoms with E-state index in [-0.39, 0.29) is 6.61 Å². The van der Waals surface area contributed by atoms with Crippen LogP contribution in [0.5, 0.6) is 0 Å². The summed E-state index contributed by atoms with van der Waals surface area (Å²) in [4.78, 5) is 11.7. The van der Waals surface area contributed by atoms with Crippen LogP contribution in [0.2, 0.25) is 0 Å². The molecular weight excluding hydrogens is 282 g/mol. The van der Waals surface area contributed by atoms with Crippen LogP contribution < -0.4 is 10.6 Å². The highest BCUT2D eigenvalue weighted by Gasteiger charge is 2.17. The molecule has 0 saturated carbocycles. The summed E-state index contributed by atoms with van der Waals surface area (Å²) < 4.78 is 10.3. The van der Waals surface area contributed by atoms with Gasteiger partial charge in [-0.2, -0.15) is 0 Å². The maximum absolute atomic E-state index is 11.7. The van der Waals surface area contributed by atoms with Gasteiger partial charge in [0, 0.05) is 24.2 Å². The van der Waals surface area contributed by atoms with Crippen LogP contribution in [-0.2, 0) is 17.8 Å². The van der Waals surface area contributed by atoms with Gasteiger partial charge in [-0.05, 0) is 31.5 Å². The summed E-state index contributed by atoms with van der Waals surface area (Å²) in [6.45, 7) is 1.14. The standard InChI is InChI=1S/C16H19N3O3/c20-16(18-12-5-2-1-3-6-12)21-11-15-10-14(19-22-15)9-13-7-4-8-17-13/h1-3,5-6,10,13,17H,4,7-9,11H2,(H,18,20)/t13-/m0/s1. The summed E-state index contributed by atoms with van der Waals surface area (Å²) in [7, 11) is 0. The highest BCUT2D eigenvalue weighted by Crippen LogP contribution is 2.13. The maximum Gasteiger partial charge on any atom is 0.412 e. The lowest BCUT2D eigenvalue weighted by Gasteiger charge is -2.05. The SMILES string of the molecule is O=C(Nc1ccccc1)OCc1cc(C[C@@H]2CCCN2)no1. The molecule has 0 unspecified atom stereocenters. The first-order valence-electron chi connectivity index (χ1n) is 7.46. The summed E-state index contributed by atoms with van der Waals surface area (Å²) in [5, 5.41) is 10.1. The Morgan fingerprint density at radius 3 is 3.05 bits per heavy atom. The molecule has 0 aliphatic carbocycles. The van der Waals surface area contributed by atoms with Gasteiger partial charge in [0.25, 0.3) is 0 Å². The molecule has 0 spiro atoms. The molecule has 0 bridgehead atoms. The molecular formula is C16H19N3O3. The number of carbonyl (C=O) groups excluding carboxylic acids is 1. The smallest absolute Gasteiger partial charge is 0.412 e. The minimum atomic E-state index is -0.512. The van der Waals surface area contributed by atoms with Gasteiger partial charge < -0.3 is 14.6 Å². The molecule has 2 aromatic rings. The zero-order valence-electron chi connectivity index (χ0n) is 12.2. The van der Waals surface area contributed by atoms with Crippen molar-refractivity contribution in [1.29, 1.82) is 0 Å². The van der Waals surface area contributed by atoms with Crippen LogP contribution >= 0.6 is 0 Å². The number of anilines is 1. The maximum atomic E-state index is 11.7. The summed E-state index contributed by atoms with van der Waals surface area (Å²) in [5.41, 5.74) is 1.58. The van der Waals surface area contributed by atoms with Crippen molar-refractivity contribution in [2.45, 2.75) is 31.9 Å². The first-order valence-corrected chi connectivity index (χ1v) is 7.46. The van der Waals surface area contributed by atoms with Crippen LogP contribution in [0.1, 0.15) is 24.3 Å². The van der Waals surface area contributed by atoms with E-state index < -0.39 is 6.09 Å². The van der Waals surface area contributed by atoms with E-state index in [0.717, 1.165) is 25.1 Å². The van der Waals surface area contributed by atoms with Crippen LogP contribution in [0.4, 0.5) is 10.5 Å². The molecule has 1 aliphatic heterocycles. The summed E-state index contributed by atoms with van der Waals surface area (Å²) >= 11 is 0. The molecule has 0 radical (unpaired) electrons. The molecule has 1 aliphatic rings. The third kappa shape index (κ3) is 4.08. The average Bonchev–Trinajstić information content (AvgIpc) is 3.19. The zero-order valence-corrected chi connectivity index (χ0v) is 12.2. The second-order valence-corrected chi connectivity index (χ2v) is 5.35. The van der Waals surface area contributed by atoms with Gasteiger partial charge in [-0.3, -0.25) is 5.32 Å².